The minimum atomic E-state index is -4.35. The first kappa shape index (κ1) is 18.5. The Kier molecular flexibility index (Phi) is 6.71. The van der Waals surface area contributed by atoms with Crippen LogP contribution in [-0.4, -0.2) is 55.6 Å². The fourth-order valence-electron chi connectivity index (χ4n) is 1.79. The molecule has 21 heavy (non-hydrogen) atoms. The van der Waals surface area contributed by atoms with Gasteiger partial charge in [0.25, 0.3) is 0 Å². The standard InChI is InChI=1S/C11H19NO7P2/c1-19-11-4-2-10(3-5-11)6-7-12(8-20(13,14)15)9-21(16,17)18/h2-5,13-15H,6-9H2,1H3,(H-,16,17,18)/p+1. The van der Waals surface area contributed by atoms with Crippen molar-refractivity contribution in [3.8, 4) is 5.75 Å². The van der Waals surface area contributed by atoms with Crippen molar-refractivity contribution in [1.29, 1.82) is 0 Å². The predicted molar refractivity (Wildman–Crippen MR) is 78.8 cm³/mol. The van der Waals surface area contributed by atoms with Gasteiger partial charge in [0.2, 0.25) is 0 Å². The predicted octanol–water partition coefficient (Wildman–Crippen LogP) is 0.372. The van der Waals surface area contributed by atoms with Gasteiger partial charge < -0.3 is 14.5 Å². The van der Waals surface area contributed by atoms with E-state index >= 15 is 0 Å². The largest absolute Gasteiger partial charge is 0.497 e. The minimum Gasteiger partial charge on any atom is -0.497 e. The summed E-state index contributed by atoms with van der Waals surface area (Å²) in [6.07, 6.45) is -0.787. The van der Waals surface area contributed by atoms with Crippen LogP contribution in [0.3, 0.4) is 0 Å². The molecule has 0 atom stereocenters. The molecule has 8 nitrogen and oxygen atoms in total. The Morgan fingerprint density at radius 1 is 1.19 bits per heavy atom. The molecular formula is C11H20NO7P2+. The topological polar surface area (TPSA) is 131 Å². The summed E-state index contributed by atoms with van der Waals surface area (Å²) in [5.74, 6) is 0.692. The van der Waals surface area contributed by atoms with Crippen molar-refractivity contribution in [1.82, 2.24) is 4.90 Å². The Hall–Kier alpha value is -0.560. The normalized spacial score (nSPS) is 12.7. The zero-order valence-corrected chi connectivity index (χ0v) is 13.3. The van der Waals surface area contributed by atoms with Gasteiger partial charge in [0, 0.05) is 6.54 Å². The molecule has 0 heterocycles. The number of hydrogen-bond donors (Lipinski definition) is 5. The lowest BCUT2D eigenvalue weighted by Gasteiger charge is -2.21. The Morgan fingerprint density at radius 3 is 2.19 bits per heavy atom. The zero-order chi connectivity index (χ0) is 16.1. The second-order valence-corrected chi connectivity index (χ2v) is 7.91. The fourth-order valence-corrected chi connectivity index (χ4v) is 3.49. The number of nitrogens with zero attached hydrogens (tertiary/aromatic N) is 1. The van der Waals surface area contributed by atoms with Crippen molar-refractivity contribution in [3.05, 3.63) is 29.8 Å². The van der Waals surface area contributed by atoms with E-state index in [-0.39, 0.29) is 6.54 Å². The van der Waals surface area contributed by atoms with E-state index in [1.54, 1.807) is 31.4 Å². The lowest BCUT2D eigenvalue weighted by molar-refractivity contribution is 0.261. The van der Waals surface area contributed by atoms with Crippen LogP contribution in [0.2, 0.25) is 0 Å². The molecule has 0 aromatic heterocycles. The Labute approximate surface area is 123 Å². The summed E-state index contributed by atoms with van der Waals surface area (Å²) in [7, 11) is -6.94. The highest BCUT2D eigenvalue weighted by molar-refractivity contribution is 7.58. The smallest absolute Gasteiger partial charge is 0.419 e. The van der Waals surface area contributed by atoms with E-state index < -0.39 is 28.1 Å². The van der Waals surface area contributed by atoms with Gasteiger partial charge in [-0.1, -0.05) is 12.1 Å². The van der Waals surface area contributed by atoms with Gasteiger partial charge in [0.05, 0.1) is 7.11 Å². The van der Waals surface area contributed by atoms with E-state index in [9.17, 15) is 4.57 Å². The van der Waals surface area contributed by atoms with Crippen molar-refractivity contribution in [2.45, 2.75) is 6.42 Å². The second kappa shape index (κ2) is 7.63. The van der Waals surface area contributed by atoms with E-state index in [0.29, 0.717) is 12.2 Å². The summed E-state index contributed by atoms with van der Waals surface area (Å²) in [6.45, 7) is 0.168. The highest BCUT2D eigenvalue weighted by Gasteiger charge is 2.35. The molecule has 0 bridgehead atoms. The summed E-state index contributed by atoms with van der Waals surface area (Å²) in [5.41, 5.74) is 0.893. The van der Waals surface area contributed by atoms with Gasteiger partial charge in [-0.15, -0.1) is 0 Å². The summed E-state index contributed by atoms with van der Waals surface area (Å²) < 4.78 is 16.0. The lowest BCUT2D eigenvalue weighted by atomic mass is 10.1. The molecule has 0 aliphatic carbocycles. The maximum Gasteiger partial charge on any atom is 0.419 e. The van der Waals surface area contributed by atoms with Crippen LogP contribution in [0.5, 0.6) is 5.75 Å². The average Bonchev–Trinajstić information content (AvgIpc) is 2.33. The highest BCUT2D eigenvalue weighted by Crippen LogP contribution is 2.47. The molecule has 120 valence electrons. The molecular weight excluding hydrogens is 320 g/mol. The zero-order valence-electron chi connectivity index (χ0n) is 11.5. The Morgan fingerprint density at radius 2 is 1.76 bits per heavy atom. The molecule has 1 aromatic rings. The van der Waals surface area contributed by atoms with Gasteiger partial charge in [-0.3, -0.25) is 9.46 Å². The molecule has 5 N–H and O–H groups in total. The monoisotopic (exact) mass is 340 g/mol. The SMILES string of the molecule is COc1ccc(CCN(CP(=O)(O)O)C[P+](O)(O)O)cc1. The van der Waals surface area contributed by atoms with Crippen LogP contribution in [0, 0.1) is 0 Å². The quantitative estimate of drug-likeness (QED) is 0.429. The second-order valence-electron chi connectivity index (χ2n) is 4.63. The Bertz CT molecular complexity index is 482. The van der Waals surface area contributed by atoms with Crippen LogP contribution >= 0.6 is 15.5 Å². The molecule has 0 fully saturated rings. The fraction of sp³-hybridized carbons (Fsp3) is 0.455. The molecule has 0 radical (unpaired) electrons. The maximum atomic E-state index is 11.0. The lowest BCUT2D eigenvalue weighted by Crippen LogP contribution is -2.29. The van der Waals surface area contributed by atoms with Crippen molar-refractivity contribution >= 4 is 15.5 Å². The number of ether oxygens (including phenoxy) is 1. The van der Waals surface area contributed by atoms with Gasteiger partial charge >= 0.3 is 15.5 Å². The number of benzene rings is 1. The van der Waals surface area contributed by atoms with E-state index in [2.05, 4.69) is 0 Å². The third-order valence-corrected chi connectivity index (χ3v) is 4.20. The van der Waals surface area contributed by atoms with Crippen molar-refractivity contribution < 1.29 is 33.8 Å². The average molecular weight is 340 g/mol. The van der Waals surface area contributed by atoms with E-state index in [4.69, 9.17) is 29.2 Å². The molecule has 0 aliphatic rings. The summed E-state index contributed by atoms with van der Waals surface area (Å²) in [5, 5.41) is 0. The molecule has 0 saturated carbocycles. The van der Waals surface area contributed by atoms with Crippen LogP contribution in [0.25, 0.3) is 0 Å². The summed E-state index contributed by atoms with van der Waals surface area (Å²) >= 11 is 0. The van der Waals surface area contributed by atoms with Crippen LogP contribution in [0.1, 0.15) is 5.56 Å². The number of methoxy groups -OCH3 is 1. The number of rotatable bonds is 8. The highest BCUT2D eigenvalue weighted by atomic mass is 31.2. The molecule has 0 spiro atoms. The van der Waals surface area contributed by atoms with Crippen molar-refractivity contribution in [2.24, 2.45) is 0 Å². The first-order chi connectivity index (χ1) is 9.59. The molecule has 0 unspecified atom stereocenters. The van der Waals surface area contributed by atoms with Crippen molar-refractivity contribution in [3.63, 3.8) is 0 Å². The molecule has 0 saturated heterocycles. The van der Waals surface area contributed by atoms with Gasteiger partial charge in [-0.05, 0) is 24.1 Å². The molecule has 0 amide bonds. The van der Waals surface area contributed by atoms with Crippen LogP contribution in [0.4, 0.5) is 0 Å². The number of hydrogen-bond acceptors (Lipinski definition) is 6. The van der Waals surface area contributed by atoms with Crippen LogP contribution < -0.4 is 4.74 Å². The van der Waals surface area contributed by atoms with Crippen LogP contribution in [0.15, 0.2) is 24.3 Å². The van der Waals surface area contributed by atoms with Gasteiger partial charge in [0.1, 0.15) is 12.0 Å². The van der Waals surface area contributed by atoms with E-state index in [0.717, 1.165) is 10.5 Å². The molecule has 10 heteroatoms. The minimum absolute atomic E-state index is 0.168. The van der Waals surface area contributed by atoms with Gasteiger partial charge in [0.15, 0.2) is 6.29 Å². The van der Waals surface area contributed by atoms with E-state index in [1.807, 2.05) is 0 Å². The molecule has 1 aromatic carbocycles. The van der Waals surface area contributed by atoms with Crippen molar-refractivity contribution in [2.75, 3.05) is 26.2 Å². The summed E-state index contributed by atoms with van der Waals surface area (Å²) in [6, 6.07) is 7.11. The first-order valence-electron chi connectivity index (χ1n) is 6.05. The maximum absolute atomic E-state index is 11.0. The molecule has 0 aliphatic heterocycles. The first-order valence-corrected chi connectivity index (χ1v) is 9.68. The molecule has 1 rings (SSSR count). The van der Waals surface area contributed by atoms with Gasteiger partial charge in [-0.25, -0.2) is 0 Å². The third-order valence-electron chi connectivity index (χ3n) is 2.65. The van der Waals surface area contributed by atoms with Crippen LogP contribution in [-0.2, 0) is 11.0 Å². The Balaban J connectivity index is 2.65. The van der Waals surface area contributed by atoms with Gasteiger partial charge in [-0.2, -0.15) is 14.7 Å². The summed E-state index contributed by atoms with van der Waals surface area (Å²) in [4.78, 5) is 46.3. The third kappa shape index (κ3) is 8.46. The van der Waals surface area contributed by atoms with E-state index in [1.165, 1.54) is 0 Å².